The van der Waals surface area contributed by atoms with Crippen LogP contribution in [-0.4, -0.2) is 24.5 Å². The van der Waals surface area contributed by atoms with Crippen LogP contribution >= 0.6 is 0 Å². The van der Waals surface area contributed by atoms with Gasteiger partial charge in [-0.25, -0.2) is 0 Å². The van der Waals surface area contributed by atoms with Crippen molar-refractivity contribution in [1.29, 1.82) is 0 Å². The summed E-state index contributed by atoms with van der Waals surface area (Å²) in [4.78, 5) is 11.1. The first-order chi connectivity index (χ1) is 6.45. The number of hydrogen-bond acceptors (Lipinski definition) is 3. The Labute approximate surface area is 85.4 Å². The minimum absolute atomic E-state index is 0.0397. The number of carbonyl (C=O) groups excluding carboxylic acids is 1. The summed E-state index contributed by atoms with van der Waals surface area (Å²) in [7, 11) is -3.93. The second-order valence-electron chi connectivity index (χ2n) is 3.20. The molecule has 14 heavy (non-hydrogen) atoms. The van der Waals surface area contributed by atoms with Crippen LogP contribution in [0.1, 0.15) is 39.0 Å². The van der Waals surface area contributed by atoms with Crippen LogP contribution in [0.15, 0.2) is 0 Å². The van der Waals surface area contributed by atoms with Gasteiger partial charge in [-0.1, -0.05) is 19.8 Å². The van der Waals surface area contributed by atoms with Gasteiger partial charge in [0, 0.05) is 12.8 Å². The van der Waals surface area contributed by atoms with Gasteiger partial charge in [0.15, 0.2) is 0 Å². The van der Waals surface area contributed by atoms with Gasteiger partial charge in [-0.2, -0.15) is 8.42 Å². The minimum Gasteiger partial charge on any atom is -0.299 e. The summed E-state index contributed by atoms with van der Waals surface area (Å²) in [5.41, 5.74) is 0. The quantitative estimate of drug-likeness (QED) is 0.499. The summed E-state index contributed by atoms with van der Waals surface area (Å²) >= 11 is 0. The fourth-order valence-corrected chi connectivity index (χ4v) is 1.44. The molecule has 4 nitrogen and oxygen atoms in total. The first-order valence-electron chi connectivity index (χ1n) is 4.77. The highest BCUT2D eigenvalue weighted by molar-refractivity contribution is 7.85. The molecule has 0 aliphatic carbocycles. The molecule has 0 aromatic heterocycles. The maximum Gasteiger partial charge on any atom is 0.264 e. The van der Waals surface area contributed by atoms with E-state index < -0.39 is 10.1 Å². The Morgan fingerprint density at radius 1 is 1.36 bits per heavy atom. The van der Waals surface area contributed by atoms with Crippen molar-refractivity contribution in [3.8, 4) is 0 Å². The van der Waals surface area contributed by atoms with Gasteiger partial charge in [0.2, 0.25) is 0 Å². The lowest BCUT2D eigenvalue weighted by atomic mass is 10.1. The second-order valence-corrected chi connectivity index (χ2v) is 4.77. The Kier molecular flexibility index (Phi) is 6.74. The molecule has 1 radical (unpaired) electrons. The SMILES string of the molecule is CCCCCC(=O)[CH]CCS(=O)(=O)O. The largest absolute Gasteiger partial charge is 0.299 e. The van der Waals surface area contributed by atoms with Gasteiger partial charge in [0.25, 0.3) is 10.1 Å². The molecule has 0 bridgehead atoms. The Morgan fingerprint density at radius 3 is 2.50 bits per heavy atom. The van der Waals surface area contributed by atoms with E-state index in [1.807, 2.05) is 6.92 Å². The molecule has 0 unspecified atom stereocenters. The van der Waals surface area contributed by atoms with Crippen molar-refractivity contribution in [3.63, 3.8) is 0 Å². The summed E-state index contributed by atoms with van der Waals surface area (Å²) in [5.74, 6) is -0.408. The molecule has 83 valence electrons. The first kappa shape index (κ1) is 13.6. The first-order valence-corrected chi connectivity index (χ1v) is 6.38. The zero-order valence-corrected chi connectivity index (χ0v) is 9.22. The van der Waals surface area contributed by atoms with Crippen molar-refractivity contribution in [2.45, 2.75) is 39.0 Å². The number of carbonyl (C=O) groups is 1. The Bertz CT molecular complexity index is 256. The molecule has 0 amide bonds. The highest BCUT2D eigenvalue weighted by atomic mass is 32.2. The average molecular weight is 221 g/mol. The predicted octanol–water partition coefficient (Wildman–Crippen LogP) is 1.62. The number of ketones is 1. The Hall–Kier alpha value is -0.420. The maximum atomic E-state index is 11.1. The van der Waals surface area contributed by atoms with Crippen molar-refractivity contribution in [2.75, 3.05) is 5.75 Å². The van der Waals surface area contributed by atoms with E-state index in [9.17, 15) is 13.2 Å². The minimum atomic E-state index is -3.93. The van der Waals surface area contributed by atoms with Gasteiger partial charge < -0.3 is 0 Å². The molecule has 5 heteroatoms. The molecular formula is C9H17O4S. The molecule has 0 saturated carbocycles. The number of Topliss-reactive ketones (excluding diaryl/α,β-unsaturated/α-hetero) is 1. The third kappa shape index (κ3) is 9.67. The van der Waals surface area contributed by atoms with Gasteiger partial charge >= 0.3 is 0 Å². The molecule has 0 heterocycles. The third-order valence-electron chi connectivity index (χ3n) is 1.77. The van der Waals surface area contributed by atoms with Crippen molar-refractivity contribution in [2.24, 2.45) is 0 Å². The van der Waals surface area contributed by atoms with Crippen LogP contribution in [0.25, 0.3) is 0 Å². The molecule has 0 fully saturated rings. The zero-order valence-electron chi connectivity index (χ0n) is 8.40. The number of rotatable bonds is 8. The van der Waals surface area contributed by atoms with Gasteiger partial charge in [0.1, 0.15) is 5.78 Å². The van der Waals surface area contributed by atoms with Gasteiger partial charge in [-0.05, 0) is 12.8 Å². The van der Waals surface area contributed by atoms with E-state index in [-0.39, 0.29) is 18.0 Å². The van der Waals surface area contributed by atoms with E-state index in [2.05, 4.69) is 0 Å². The molecule has 0 aliphatic heterocycles. The summed E-state index contributed by atoms with van der Waals surface area (Å²) in [5, 5.41) is 0. The second kappa shape index (κ2) is 6.95. The number of unbranched alkanes of at least 4 members (excludes halogenated alkanes) is 2. The highest BCUT2D eigenvalue weighted by Gasteiger charge is 2.07. The molecule has 0 spiro atoms. The topological polar surface area (TPSA) is 71.4 Å². The van der Waals surface area contributed by atoms with Crippen molar-refractivity contribution < 1.29 is 17.8 Å². The van der Waals surface area contributed by atoms with Crippen LogP contribution in [0.2, 0.25) is 0 Å². The van der Waals surface area contributed by atoms with Crippen LogP contribution in [-0.2, 0) is 14.9 Å². The van der Waals surface area contributed by atoms with Crippen LogP contribution < -0.4 is 0 Å². The van der Waals surface area contributed by atoms with Crippen molar-refractivity contribution >= 4 is 15.9 Å². The van der Waals surface area contributed by atoms with E-state index >= 15 is 0 Å². The lowest BCUT2D eigenvalue weighted by Crippen LogP contribution is -2.07. The normalized spacial score (nSPS) is 11.6. The molecule has 0 saturated heterocycles. The fourth-order valence-electron chi connectivity index (χ4n) is 1.02. The Morgan fingerprint density at radius 2 is 2.00 bits per heavy atom. The lowest BCUT2D eigenvalue weighted by molar-refractivity contribution is -0.116. The summed E-state index contributed by atoms with van der Waals surface area (Å²) in [6, 6.07) is 0. The summed E-state index contributed by atoms with van der Waals surface area (Å²) in [6.45, 7) is 2.05. The standard InChI is InChI=1S/C9H17O4S/c1-2-3-4-6-9(10)7-5-8-14(11,12)13/h7H,2-6,8H2,1H3,(H,11,12,13). The van der Waals surface area contributed by atoms with Crippen molar-refractivity contribution in [3.05, 3.63) is 6.42 Å². The number of hydrogen-bond donors (Lipinski definition) is 1. The average Bonchev–Trinajstić information content (AvgIpc) is 2.02. The van der Waals surface area contributed by atoms with Crippen molar-refractivity contribution in [1.82, 2.24) is 0 Å². The molecular weight excluding hydrogens is 204 g/mol. The zero-order chi connectivity index (χ0) is 11.0. The smallest absolute Gasteiger partial charge is 0.264 e. The van der Waals surface area contributed by atoms with Gasteiger partial charge in [-0.15, -0.1) is 0 Å². The van der Waals surface area contributed by atoms with Crippen LogP contribution in [0.3, 0.4) is 0 Å². The van der Waals surface area contributed by atoms with E-state index in [4.69, 9.17) is 4.55 Å². The molecule has 1 N–H and O–H groups in total. The Balaban J connectivity index is 3.45. The molecule has 0 rings (SSSR count). The van der Waals surface area contributed by atoms with Crippen LogP contribution in [0.5, 0.6) is 0 Å². The van der Waals surface area contributed by atoms with E-state index in [1.165, 1.54) is 6.42 Å². The van der Waals surface area contributed by atoms with Gasteiger partial charge in [-0.3, -0.25) is 9.35 Å². The molecule has 0 aliphatic rings. The highest BCUT2D eigenvalue weighted by Crippen LogP contribution is 2.03. The van der Waals surface area contributed by atoms with Gasteiger partial charge in [0.05, 0.1) is 5.75 Å². The predicted molar refractivity (Wildman–Crippen MR) is 54.5 cm³/mol. The van der Waals surface area contributed by atoms with Crippen LogP contribution in [0.4, 0.5) is 0 Å². The van der Waals surface area contributed by atoms with E-state index in [1.54, 1.807) is 0 Å². The van der Waals surface area contributed by atoms with E-state index in [0.29, 0.717) is 6.42 Å². The maximum absolute atomic E-state index is 11.1. The molecule has 0 atom stereocenters. The third-order valence-corrected chi connectivity index (χ3v) is 2.53. The molecule has 0 aromatic carbocycles. The lowest BCUT2D eigenvalue weighted by Gasteiger charge is -1.98. The summed E-state index contributed by atoms with van der Waals surface area (Å²) < 4.78 is 29.0. The fraction of sp³-hybridized carbons (Fsp3) is 0.778. The summed E-state index contributed by atoms with van der Waals surface area (Å²) in [6.07, 6.45) is 4.82. The monoisotopic (exact) mass is 221 g/mol. The van der Waals surface area contributed by atoms with E-state index in [0.717, 1.165) is 19.3 Å². The molecule has 0 aromatic rings. The van der Waals surface area contributed by atoms with Crippen LogP contribution in [0, 0.1) is 6.42 Å².